The molecule has 0 radical (unpaired) electrons. The molecule has 0 aliphatic heterocycles. The molecule has 1 aromatic carbocycles. The average molecular weight is 294 g/mol. The van der Waals surface area contributed by atoms with Gasteiger partial charge in [0.1, 0.15) is 0 Å². The van der Waals surface area contributed by atoms with E-state index in [9.17, 15) is 8.42 Å². The van der Waals surface area contributed by atoms with Gasteiger partial charge in [0.15, 0.2) is 0 Å². The van der Waals surface area contributed by atoms with Gasteiger partial charge in [-0.15, -0.1) is 0 Å². The summed E-state index contributed by atoms with van der Waals surface area (Å²) in [6.07, 6.45) is 2.17. The van der Waals surface area contributed by atoms with E-state index < -0.39 is 16.1 Å². The van der Waals surface area contributed by atoms with Gasteiger partial charge in [0.05, 0.1) is 17.0 Å². The summed E-state index contributed by atoms with van der Waals surface area (Å²) in [4.78, 5) is 4.43. The molecule has 0 fully saturated rings. The summed E-state index contributed by atoms with van der Waals surface area (Å²) in [7, 11) is -3.68. The molecule has 108 valence electrons. The summed E-state index contributed by atoms with van der Waals surface area (Å²) < 4.78 is 27.4. The van der Waals surface area contributed by atoms with Crippen LogP contribution in [0, 0.1) is 6.92 Å². The van der Waals surface area contributed by atoms with Crippen LogP contribution in [0.15, 0.2) is 35.4 Å². The van der Waals surface area contributed by atoms with Gasteiger partial charge in [-0.25, -0.2) is 13.1 Å². The number of hydrogen-bond acceptors (Lipinski definition) is 4. The fraction of sp³-hybridized carbons (Fsp3) is 0.357. The smallest absolute Gasteiger partial charge is 0.241 e. The van der Waals surface area contributed by atoms with Crippen LogP contribution in [0.25, 0.3) is 10.9 Å². The van der Waals surface area contributed by atoms with Crippen molar-refractivity contribution in [3.05, 3.63) is 36.0 Å². The number of aryl methyl sites for hydroxylation is 1. The quantitative estimate of drug-likeness (QED) is 0.877. The first kappa shape index (κ1) is 14.9. The topological polar surface area (TPSA) is 79.3 Å². The van der Waals surface area contributed by atoms with Crippen molar-refractivity contribution in [1.82, 2.24) is 9.71 Å². The van der Waals surface area contributed by atoms with Crippen molar-refractivity contribution in [2.75, 3.05) is 6.61 Å². The molecule has 20 heavy (non-hydrogen) atoms. The number of pyridine rings is 1. The lowest BCUT2D eigenvalue weighted by atomic mass is 10.1. The normalized spacial score (nSPS) is 13.6. The van der Waals surface area contributed by atoms with Crippen molar-refractivity contribution >= 4 is 20.9 Å². The van der Waals surface area contributed by atoms with Gasteiger partial charge in [-0.2, -0.15) is 0 Å². The first-order valence-electron chi connectivity index (χ1n) is 6.47. The van der Waals surface area contributed by atoms with Gasteiger partial charge in [0, 0.05) is 17.6 Å². The van der Waals surface area contributed by atoms with Crippen LogP contribution in [0.3, 0.4) is 0 Å². The molecule has 6 heteroatoms. The molecular weight excluding hydrogens is 276 g/mol. The van der Waals surface area contributed by atoms with Gasteiger partial charge in [-0.05, 0) is 37.1 Å². The summed E-state index contributed by atoms with van der Waals surface area (Å²) in [5, 5.41) is 9.74. The number of hydrogen-bond donors (Lipinski definition) is 2. The zero-order chi connectivity index (χ0) is 14.8. The molecule has 0 bridgehead atoms. The Morgan fingerprint density at radius 2 is 2.10 bits per heavy atom. The summed E-state index contributed by atoms with van der Waals surface area (Å²) >= 11 is 0. The summed E-state index contributed by atoms with van der Waals surface area (Å²) in [5.74, 6) is 0. The second kappa shape index (κ2) is 5.87. The minimum atomic E-state index is -3.68. The molecule has 0 saturated carbocycles. The lowest BCUT2D eigenvalue weighted by Gasteiger charge is -2.16. The number of rotatable bonds is 5. The molecule has 2 N–H and O–H groups in total. The van der Waals surface area contributed by atoms with E-state index in [1.165, 1.54) is 0 Å². The summed E-state index contributed by atoms with van der Waals surface area (Å²) in [5.41, 5.74) is 1.60. The highest BCUT2D eigenvalue weighted by Crippen LogP contribution is 2.24. The van der Waals surface area contributed by atoms with Crippen LogP contribution in [0.5, 0.6) is 0 Å². The van der Waals surface area contributed by atoms with E-state index >= 15 is 0 Å². The molecule has 5 nitrogen and oxygen atoms in total. The van der Waals surface area contributed by atoms with Crippen molar-refractivity contribution in [1.29, 1.82) is 0 Å². The van der Waals surface area contributed by atoms with E-state index in [4.69, 9.17) is 5.11 Å². The Hall–Kier alpha value is -1.50. The maximum Gasteiger partial charge on any atom is 0.241 e. The lowest BCUT2D eigenvalue weighted by molar-refractivity contribution is 0.254. The number of aliphatic hydroxyl groups excluding tert-OH is 1. The first-order valence-corrected chi connectivity index (χ1v) is 7.95. The van der Waals surface area contributed by atoms with Crippen LogP contribution >= 0.6 is 0 Å². The van der Waals surface area contributed by atoms with E-state index in [1.54, 1.807) is 30.5 Å². The molecule has 1 aromatic heterocycles. The van der Waals surface area contributed by atoms with Crippen LogP contribution in [0.1, 0.15) is 18.9 Å². The third kappa shape index (κ3) is 2.82. The predicted octanol–water partition coefficient (Wildman–Crippen LogP) is 1.59. The number of nitrogens with zero attached hydrogens (tertiary/aromatic N) is 1. The van der Waals surface area contributed by atoms with Gasteiger partial charge < -0.3 is 5.11 Å². The number of aliphatic hydroxyl groups is 1. The Balaban J connectivity index is 2.55. The van der Waals surface area contributed by atoms with Crippen molar-refractivity contribution in [2.24, 2.45) is 0 Å². The molecule has 0 aliphatic carbocycles. The molecule has 0 aliphatic rings. The Bertz CT molecular complexity index is 709. The fourth-order valence-corrected chi connectivity index (χ4v) is 3.56. The highest BCUT2D eigenvalue weighted by Gasteiger charge is 2.21. The largest absolute Gasteiger partial charge is 0.395 e. The summed E-state index contributed by atoms with van der Waals surface area (Å²) in [6.45, 7) is 3.48. The Morgan fingerprint density at radius 1 is 1.35 bits per heavy atom. The highest BCUT2D eigenvalue weighted by molar-refractivity contribution is 7.89. The zero-order valence-corrected chi connectivity index (χ0v) is 12.3. The van der Waals surface area contributed by atoms with Crippen LogP contribution < -0.4 is 4.72 Å². The number of benzene rings is 1. The molecule has 0 saturated heterocycles. The third-order valence-electron chi connectivity index (χ3n) is 3.26. The first-order chi connectivity index (χ1) is 9.49. The molecular formula is C14H18N2O3S. The predicted molar refractivity (Wildman–Crippen MR) is 78.0 cm³/mol. The van der Waals surface area contributed by atoms with Gasteiger partial charge in [-0.1, -0.05) is 13.0 Å². The number of fused-ring (bicyclic) bond motifs is 1. The molecule has 0 spiro atoms. The Kier molecular flexibility index (Phi) is 4.37. The van der Waals surface area contributed by atoms with Crippen molar-refractivity contribution in [3.8, 4) is 0 Å². The van der Waals surface area contributed by atoms with E-state index in [-0.39, 0.29) is 11.5 Å². The lowest BCUT2D eigenvalue weighted by Crippen LogP contribution is -2.37. The van der Waals surface area contributed by atoms with Crippen molar-refractivity contribution < 1.29 is 13.5 Å². The fourth-order valence-electron chi connectivity index (χ4n) is 2.05. The number of nitrogens with one attached hydrogen (secondary N) is 1. The third-order valence-corrected chi connectivity index (χ3v) is 4.83. The van der Waals surface area contributed by atoms with Gasteiger partial charge in [-0.3, -0.25) is 4.98 Å². The number of sulfonamides is 1. The molecule has 1 atom stereocenters. The van der Waals surface area contributed by atoms with E-state index in [0.29, 0.717) is 17.3 Å². The molecule has 1 unspecified atom stereocenters. The van der Waals surface area contributed by atoms with Crippen molar-refractivity contribution in [3.63, 3.8) is 0 Å². The second-order valence-corrected chi connectivity index (χ2v) is 6.37. The minimum Gasteiger partial charge on any atom is -0.395 e. The standard InChI is InChI=1S/C14H18N2O3S/c1-3-11(9-17)16-20(18,19)13-7-6-10(2)14-12(13)5-4-8-15-14/h4-8,11,16-17H,3,9H2,1-2H3. The maximum atomic E-state index is 12.4. The van der Waals surface area contributed by atoms with Gasteiger partial charge in [0.25, 0.3) is 0 Å². The average Bonchev–Trinajstić information content (AvgIpc) is 2.45. The van der Waals surface area contributed by atoms with Crippen molar-refractivity contribution in [2.45, 2.75) is 31.2 Å². The van der Waals surface area contributed by atoms with Gasteiger partial charge >= 0.3 is 0 Å². The Morgan fingerprint density at radius 3 is 2.75 bits per heavy atom. The van der Waals surface area contributed by atoms with Crippen LogP contribution in [-0.4, -0.2) is 31.2 Å². The van der Waals surface area contributed by atoms with E-state index in [0.717, 1.165) is 5.56 Å². The monoisotopic (exact) mass is 294 g/mol. The second-order valence-electron chi connectivity index (χ2n) is 4.69. The van der Waals surface area contributed by atoms with Gasteiger partial charge in [0.2, 0.25) is 10.0 Å². The van der Waals surface area contributed by atoms with Crippen LogP contribution in [0.2, 0.25) is 0 Å². The molecule has 0 amide bonds. The number of aromatic nitrogens is 1. The van der Waals surface area contributed by atoms with Crippen LogP contribution in [0.4, 0.5) is 0 Å². The minimum absolute atomic E-state index is 0.193. The van der Waals surface area contributed by atoms with E-state index in [2.05, 4.69) is 9.71 Å². The molecule has 2 aromatic rings. The Labute approximate surface area is 118 Å². The van der Waals surface area contributed by atoms with Crippen LogP contribution in [-0.2, 0) is 10.0 Å². The maximum absolute atomic E-state index is 12.4. The van der Waals surface area contributed by atoms with E-state index in [1.807, 2.05) is 13.8 Å². The highest BCUT2D eigenvalue weighted by atomic mass is 32.2. The summed E-state index contributed by atoms with van der Waals surface area (Å²) in [6, 6.07) is 6.29. The zero-order valence-electron chi connectivity index (χ0n) is 11.5. The molecule has 1 heterocycles. The molecule has 2 rings (SSSR count). The SMILES string of the molecule is CCC(CO)NS(=O)(=O)c1ccc(C)c2ncccc12.